The van der Waals surface area contributed by atoms with Crippen LogP contribution < -0.4 is 21.7 Å². The summed E-state index contributed by atoms with van der Waals surface area (Å²) in [4.78, 5) is 35.9. The molecule has 0 saturated carbocycles. The van der Waals surface area contributed by atoms with Gasteiger partial charge in [0.05, 0.1) is 12.6 Å². The number of carbonyl (C=O) groups is 3. The van der Waals surface area contributed by atoms with E-state index in [1.54, 1.807) is 24.3 Å². The van der Waals surface area contributed by atoms with E-state index in [-0.39, 0.29) is 42.2 Å². The number of benzene rings is 1. The first kappa shape index (κ1) is 23.9. The van der Waals surface area contributed by atoms with Crippen LogP contribution in [0.2, 0.25) is 0 Å². The van der Waals surface area contributed by atoms with Crippen molar-refractivity contribution in [3.8, 4) is 0 Å². The van der Waals surface area contributed by atoms with Crippen molar-refractivity contribution in [2.75, 3.05) is 11.9 Å². The summed E-state index contributed by atoms with van der Waals surface area (Å²) in [6.07, 6.45) is 0. The first-order valence-electron chi connectivity index (χ1n) is 8.25. The van der Waals surface area contributed by atoms with Crippen LogP contribution in [0.15, 0.2) is 24.3 Å². The van der Waals surface area contributed by atoms with Crippen molar-refractivity contribution in [1.29, 1.82) is 0 Å². The molecule has 0 aliphatic heterocycles. The molecule has 0 fully saturated rings. The second kappa shape index (κ2) is 10.1. The van der Waals surface area contributed by atoms with Crippen LogP contribution >= 0.6 is 12.4 Å². The Morgan fingerprint density at radius 2 is 1.77 bits per heavy atom. The Balaban J connectivity index is 0.00000625. The second-order valence-electron chi connectivity index (χ2n) is 7.32. The minimum Gasteiger partial charge on any atom is -0.347 e. The molecule has 3 amide bonds. The maximum Gasteiger partial charge on any atom is 0.251 e. The Bertz CT molecular complexity index is 642. The van der Waals surface area contributed by atoms with E-state index in [0.29, 0.717) is 11.3 Å². The zero-order valence-corrected chi connectivity index (χ0v) is 16.7. The van der Waals surface area contributed by atoms with Crippen LogP contribution in [0, 0.1) is 5.92 Å². The summed E-state index contributed by atoms with van der Waals surface area (Å²) < 4.78 is 0. The molecule has 0 aromatic heterocycles. The lowest BCUT2D eigenvalue weighted by Gasteiger charge is -2.20. The van der Waals surface area contributed by atoms with E-state index in [9.17, 15) is 14.4 Å². The molecule has 0 spiro atoms. The number of halogens is 1. The molecule has 26 heavy (non-hydrogen) atoms. The molecule has 0 bridgehead atoms. The summed E-state index contributed by atoms with van der Waals surface area (Å²) in [7, 11) is 0. The average Bonchev–Trinajstić information content (AvgIpc) is 2.50. The summed E-state index contributed by atoms with van der Waals surface area (Å²) in [5, 5.41) is 8.00. The Morgan fingerprint density at radius 1 is 1.15 bits per heavy atom. The minimum absolute atomic E-state index is 0. The summed E-state index contributed by atoms with van der Waals surface area (Å²) in [5.41, 5.74) is 6.29. The van der Waals surface area contributed by atoms with Gasteiger partial charge in [-0.15, -0.1) is 12.4 Å². The fourth-order valence-corrected chi connectivity index (χ4v) is 1.94. The van der Waals surface area contributed by atoms with E-state index in [4.69, 9.17) is 5.73 Å². The van der Waals surface area contributed by atoms with Crippen LogP contribution in [0.1, 0.15) is 45.0 Å². The van der Waals surface area contributed by atoms with Crippen molar-refractivity contribution in [2.24, 2.45) is 11.7 Å². The Kier molecular flexibility index (Phi) is 9.31. The fraction of sp³-hybridized carbons (Fsp3) is 0.500. The molecular weight excluding hydrogens is 356 g/mol. The molecule has 1 aromatic rings. The van der Waals surface area contributed by atoms with Crippen molar-refractivity contribution in [2.45, 2.75) is 46.2 Å². The molecular formula is C18H29ClN4O3. The third-order valence-electron chi connectivity index (χ3n) is 3.34. The van der Waals surface area contributed by atoms with E-state index in [1.807, 2.05) is 34.6 Å². The zero-order chi connectivity index (χ0) is 19.2. The van der Waals surface area contributed by atoms with Gasteiger partial charge in [-0.2, -0.15) is 0 Å². The van der Waals surface area contributed by atoms with Crippen molar-refractivity contribution < 1.29 is 14.4 Å². The summed E-state index contributed by atoms with van der Waals surface area (Å²) in [6, 6.07) is 5.95. The van der Waals surface area contributed by atoms with Gasteiger partial charge in [0.2, 0.25) is 11.8 Å². The van der Waals surface area contributed by atoms with Gasteiger partial charge >= 0.3 is 0 Å². The molecule has 8 heteroatoms. The van der Waals surface area contributed by atoms with Crippen LogP contribution in [0.3, 0.4) is 0 Å². The van der Waals surface area contributed by atoms with Gasteiger partial charge in [-0.25, -0.2) is 0 Å². The van der Waals surface area contributed by atoms with E-state index in [2.05, 4.69) is 16.0 Å². The first-order valence-corrected chi connectivity index (χ1v) is 8.25. The highest BCUT2D eigenvalue weighted by atomic mass is 35.5. The molecule has 0 heterocycles. The lowest BCUT2D eigenvalue weighted by molar-refractivity contribution is -0.125. The second-order valence-corrected chi connectivity index (χ2v) is 7.32. The van der Waals surface area contributed by atoms with Gasteiger partial charge in [-0.3, -0.25) is 14.4 Å². The van der Waals surface area contributed by atoms with Gasteiger partial charge in [0.15, 0.2) is 0 Å². The molecule has 0 unspecified atom stereocenters. The van der Waals surface area contributed by atoms with Crippen molar-refractivity contribution >= 4 is 35.8 Å². The number of carbonyl (C=O) groups excluding carboxylic acids is 3. The zero-order valence-electron chi connectivity index (χ0n) is 15.9. The Morgan fingerprint density at radius 3 is 2.31 bits per heavy atom. The fourth-order valence-electron chi connectivity index (χ4n) is 1.94. The highest BCUT2D eigenvalue weighted by molar-refractivity contribution is 5.98. The topological polar surface area (TPSA) is 113 Å². The third kappa shape index (κ3) is 8.31. The number of hydrogen-bond acceptors (Lipinski definition) is 4. The summed E-state index contributed by atoms with van der Waals surface area (Å²) >= 11 is 0. The first-order chi connectivity index (χ1) is 11.5. The molecule has 146 valence electrons. The SMILES string of the molecule is CC(C)[C@H](N)C(=O)NCC(=O)Nc1cccc(C(=O)NC(C)(C)C)c1.Cl. The summed E-state index contributed by atoms with van der Waals surface area (Å²) in [6.45, 7) is 9.15. The molecule has 1 rings (SSSR count). The molecule has 1 atom stereocenters. The predicted octanol–water partition coefficient (Wildman–Crippen LogP) is 1.67. The van der Waals surface area contributed by atoms with Crippen LogP contribution in [-0.2, 0) is 9.59 Å². The van der Waals surface area contributed by atoms with E-state index in [0.717, 1.165) is 0 Å². The van der Waals surface area contributed by atoms with Gasteiger partial charge < -0.3 is 21.7 Å². The quantitative estimate of drug-likeness (QED) is 0.597. The lowest BCUT2D eigenvalue weighted by Crippen LogP contribution is -2.46. The van der Waals surface area contributed by atoms with Gasteiger partial charge in [-0.05, 0) is 44.9 Å². The van der Waals surface area contributed by atoms with Crippen molar-refractivity contribution in [1.82, 2.24) is 10.6 Å². The van der Waals surface area contributed by atoms with Crippen LogP contribution in [-0.4, -0.2) is 35.8 Å². The average molecular weight is 385 g/mol. The molecule has 0 radical (unpaired) electrons. The molecule has 0 aliphatic carbocycles. The third-order valence-corrected chi connectivity index (χ3v) is 3.34. The van der Waals surface area contributed by atoms with Gasteiger partial charge in [0.1, 0.15) is 0 Å². The van der Waals surface area contributed by atoms with Crippen molar-refractivity contribution in [3.05, 3.63) is 29.8 Å². The Labute approximate surface area is 160 Å². The number of amides is 3. The number of anilines is 1. The molecule has 5 N–H and O–H groups in total. The van der Waals surface area contributed by atoms with Crippen LogP contribution in [0.25, 0.3) is 0 Å². The Hall–Kier alpha value is -2.12. The normalized spacial score (nSPS) is 12.0. The number of rotatable bonds is 6. The summed E-state index contributed by atoms with van der Waals surface area (Å²) in [5.74, 6) is -0.998. The van der Waals surface area contributed by atoms with Crippen molar-refractivity contribution in [3.63, 3.8) is 0 Å². The van der Waals surface area contributed by atoms with Crippen LogP contribution in [0.5, 0.6) is 0 Å². The molecule has 0 saturated heterocycles. The van der Waals surface area contributed by atoms with Gasteiger partial charge in [0.25, 0.3) is 5.91 Å². The highest BCUT2D eigenvalue weighted by Crippen LogP contribution is 2.12. The van der Waals surface area contributed by atoms with Gasteiger partial charge in [-0.1, -0.05) is 19.9 Å². The van der Waals surface area contributed by atoms with Crippen LogP contribution in [0.4, 0.5) is 5.69 Å². The highest BCUT2D eigenvalue weighted by Gasteiger charge is 2.18. The maximum atomic E-state index is 12.2. The minimum atomic E-state index is -0.655. The molecule has 1 aromatic carbocycles. The molecule has 7 nitrogen and oxygen atoms in total. The largest absolute Gasteiger partial charge is 0.347 e. The van der Waals surface area contributed by atoms with E-state index >= 15 is 0 Å². The standard InChI is InChI=1S/C18H28N4O3.ClH/c1-11(2)15(19)17(25)20-10-14(23)21-13-8-6-7-12(9-13)16(24)22-18(3,4)5;/h6-9,11,15H,10,19H2,1-5H3,(H,20,25)(H,21,23)(H,22,24);1H/t15-;/m0./s1. The van der Waals surface area contributed by atoms with E-state index in [1.165, 1.54) is 0 Å². The number of nitrogens with two attached hydrogens (primary N) is 1. The lowest BCUT2D eigenvalue weighted by atomic mass is 10.1. The smallest absolute Gasteiger partial charge is 0.251 e. The molecule has 0 aliphatic rings. The monoisotopic (exact) mass is 384 g/mol. The predicted molar refractivity (Wildman–Crippen MR) is 105 cm³/mol. The maximum absolute atomic E-state index is 12.2. The number of nitrogens with one attached hydrogen (secondary N) is 3. The number of hydrogen-bond donors (Lipinski definition) is 4. The van der Waals surface area contributed by atoms with Gasteiger partial charge in [0, 0.05) is 16.8 Å². The van der Waals surface area contributed by atoms with E-state index < -0.39 is 11.9 Å².